The van der Waals surface area contributed by atoms with Crippen LogP contribution in [0.2, 0.25) is 5.02 Å². The minimum Gasteiger partial charge on any atom is -0.495 e. The van der Waals surface area contributed by atoms with Gasteiger partial charge in [0, 0.05) is 30.6 Å². The second-order valence-corrected chi connectivity index (χ2v) is 6.23. The summed E-state index contributed by atoms with van der Waals surface area (Å²) in [4.78, 5) is 14.3. The lowest BCUT2D eigenvalue weighted by atomic mass is 10.2. The van der Waals surface area contributed by atoms with Crippen LogP contribution in [0.5, 0.6) is 5.75 Å². The highest BCUT2D eigenvalue weighted by atomic mass is 35.5. The van der Waals surface area contributed by atoms with Crippen LogP contribution in [-0.2, 0) is 11.3 Å². The lowest BCUT2D eigenvalue weighted by Crippen LogP contribution is -2.24. The topological polar surface area (TPSA) is 41.6 Å². The van der Waals surface area contributed by atoms with Gasteiger partial charge in [0.25, 0.3) is 0 Å². The SMILES string of the molecule is COc1cc(Cl)c(C)cc1NC(=O)CCN(C)Cc1ccccc1. The maximum atomic E-state index is 12.2. The second-order valence-electron chi connectivity index (χ2n) is 5.82. The molecule has 0 heterocycles. The van der Waals surface area contributed by atoms with Crippen LogP contribution in [0, 0.1) is 6.92 Å². The van der Waals surface area contributed by atoms with E-state index in [2.05, 4.69) is 22.3 Å². The van der Waals surface area contributed by atoms with Crippen molar-refractivity contribution in [1.29, 1.82) is 0 Å². The maximum Gasteiger partial charge on any atom is 0.225 e. The molecule has 0 unspecified atom stereocenters. The number of hydrogen-bond acceptors (Lipinski definition) is 3. The summed E-state index contributed by atoms with van der Waals surface area (Å²) < 4.78 is 5.28. The molecule has 2 aromatic rings. The summed E-state index contributed by atoms with van der Waals surface area (Å²) in [5.74, 6) is 0.520. The zero-order valence-electron chi connectivity index (χ0n) is 14.3. The summed E-state index contributed by atoms with van der Waals surface area (Å²) in [5, 5.41) is 3.52. The molecule has 2 rings (SSSR count). The Labute approximate surface area is 148 Å². The van der Waals surface area contributed by atoms with Crippen molar-refractivity contribution in [2.75, 3.05) is 26.0 Å². The Bertz CT molecular complexity index is 689. The van der Waals surface area contributed by atoms with Gasteiger partial charge < -0.3 is 15.0 Å². The predicted octanol–water partition coefficient (Wildman–Crippen LogP) is 4.12. The molecule has 0 aromatic heterocycles. The third-order valence-corrected chi connectivity index (χ3v) is 4.18. The van der Waals surface area contributed by atoms with Crippen molar-refractivity contribution in [3.05, 3.63) is 58.6 Å². The first-order chi connectivity index (χ1) is 11.5. The van der Waals surface area contributed by atoms with E-state index in [0.29, 0.717) is 29.4 Å². The molecule has 1 N–H and O–H groups in total. The average Bonchev–Trinajstić information content (AvgIpc) is 2.57. The molecule has 0 spiro atoms. The molecule has 0 saturated carbocycles. The molecule has 0 aliphatic carbocycles. The van der Waals surface area contributed by atoms with Gasteiger partial charge in [0.1, 0.15) is 5.75 Å². The van der Waals surface area contributed by atoms with Gasteiger partial charge in [-0.3, -0.25) is 4.79 Å². The fourth-order valence-electron chi connectivity index (χ4n) is 2.41. The molecule has 1 amide bonds. The lowest BCUT2D eigenvalue weighted by Gasteiger charge is -2.17. The zero-order chi connectivity index (χ0) is 17.5. The molecule has 0 saturated heterocycles. The zero-order valence-corrected chi connectivity index (χ0v) is 15.1. The first-order valence-electron chi connectivity index (χ1n) is 7.86. The van der Waals surface area contributed by atoms with E-state index in [1.165, 1.54) is 5.56 Å². The van der Waals surface area contributed by atoms with E-state index in [9.17, 15) is 4.79 Å². The third-order valence-electron chi connectivity index (χ3n) is 3.77. The highest BCUT2D eigenvalue weighted by Crippen LogP contribution is 2.30. The van der Waals surface area contributed by atoms with Crippen LogP contribution in [0.3, 0.4) is 0 Å². The largest absolute Gasteiger partial charge is 0.495 e. The van der Waals surface area contributed by atoms with Gasteiger partial charge in [-0.1, -0.05) is 41.9 Å². The minimum atomic E-state index is -0.0464. The van der Waals surface area contributed by atoms with E-state index >= 15 is 0 Å². The Hall–Kier alpha value is -2.04. The summed E-state index contributed by atoms with van der Waals surface area (Å²) in [6, 6.07) is 13.7. The molecule has 0 bridgehead atoms. The minimum absolute atomic E-state index is 0.0464. The van der Waals surface area contributed by atoms with Gasteiger partial charge in [-0.15, -0.1) is 0 Å². The van der Waals surface area contributed by atoms with E-state index in [1.54, 1.807) is 13.2 Å². The monoisotopic (exact) mass is 346 g/mol. The van der Waals surface area contributed by atoms with Crippen LogP contribution >= 0.6 is 11.6 Å². The Morgan fingerprint density at radius 1 is 1.25 bits per heavy atom. The van der Waals surface area contributed by atoms with Crippen molar-refractivity contribution in [1.82, 2.24) is 4.90 Å². The molecule has 4 nitrogen and oxygen atoms in total. The number of benzene rings is 2. The summed E-state index contributed by atoms with van der Waals surface area (Å²) in [6.07, 6.45) is 0.411. The number of halogens is 1. The van der Waals surface area contributed by atoms with Crippen molar-refractivity contribution in [3.8, 4) is 5.75 Å². The Morgan fingerprint density at radius 2 is 1.96 bits per heavy atom. The van der Waals surface area contributed by atoms with Crippen LogP contribution in [-0.4, -0.2) is 31.5 Å². The van der Waals surface area contributed by atoms with Gasteiger partial charge in [-0.2, -0.15) is 0 Å². The highest BCUT2D eigenvalue weighted by Gasteiger charge is 2.11. The fourth-order valence-corrected chi connectivity index (χ4v) is 2.56. The highest BCUT2D eigenvalue weighted by molar-refractivity contribution is 6.31. The Morgan fingerprint density at radius 3 is 2.62 bits per heavy atom. The molecule has 0 atom stereocenters. The molecule has 0 aliphatic rings. The van der Waals surface area contributed by atoms with Crippen molar-refractivity contribution in [2.45, 2.75) is 19.9 Å². The van der Waals surface area contributed by atoms with E-state index in [4.69, 9.17) is 16.3 Å². The van der Waals surface area contributed by atoms with Gasteiger partial charge in [0.05, 0.1) is 12.8 Å². The number of rotatable bonds is 7. The maximum absolute atomic E-state index is 12.2. The number of ether oxygens (including phenoxy) is 1. The Kier molecular flexibility index (Phi) is 6.64. The summed E-state index contributed by atoms with van der Waals surface area (Å²) in [6.45, 7) is 3.39. The number of anilines is 1. The molecule has 5 heteroatoms. The van der Waals surface area contributed by atoms with Crippen molar-refractivity contribution in [2.24, 2.45) is 0 Å². The third kappa shape index (κ3) is 5.25. The van der Waals surface area contributed by atoms with Crippen LogP contribution in [0.15, 0.2) is 42.5 Å². The van der Waals surface area contributed by atoms with Gasteiger partial charge in [-0.05, 0) is 31.2 Å². The summed E-state index contributed by atoms with van der Waals surface area (Å²) in [7, 11) is 3.57. The second kappa shape index (κ2) is 8.71. The molecule has 2 aromatic carbocycles. The number of methoxy groups -OCH3 is 1. The van der Waals surface area contributed by atoms with Crippen molar-refractivity contribution >= 4 is 23.2 Å². The number of nitrogens with one attached hydrogen (secondary N) is 1. The smallest absolute Gasteiger partial charge is 0.225 e. The van der Waals surface area contributed by atoms with Gasteiger partial charge in [0.2, 0.25) is 5.91 Å². The first kappa shape index (κ1) is 18.3. The van der Waals surface area contributed by atoms with Crippen LogP contribution in [0.25, 0.3) is 0 Å². The van der Waals surface area contributed by atoms with Crippen LogP contribution < -0.4 is 10.1 Å². The molecule has 0 radical (unpaired) electrons. The van der Waals surface area contributed by atoms with Gasteiger partial charge in [-0.25, -0.2) is 0 Å². The van der Waals surface area contributed by atoms with Crippen LogP contribution in [0.4, 0.5) is 5.69 Å². The number of carbonyl (C=O) groups excluding carboxylic acids is 1. The van der Waals surface area contributed by atoms with Crippen molar-refractivity contribution < 1.29 is 9.53 Å². The molecular weight excluding hydrogens is 324 g/mol. The van der Waals surface area contributed by atoms with E-state index < -0.39 is 0 Å². The average molecular weight is 347 g/mol. The number of amides is 1. The molecule has 24 heavy (non-hydrogen) atoms. The molecule has 0 aliphatic heterocycles. The van der Waals surface area contributed by atoms with E-state index in [1.807, 2.05) is 38.2 Å². The summed E-state index contributed by atoms with van der Waals surface area (Å²) in [5.41, 5.74) is 2.78. The van der Waals surface area contributed by atoms with Crippen LogP contribution in [0.1, 0.15) is 17.5 Å². The van der Waals surface area contributed by atoms with Gasteiger partial charge >= 0.3 is 0 Å². The standard InChI is InChI=1S/C19H23ClN2O2/c1-14-11-17(18(24-3)12-16(14)20)21-19(23)9-10-22(2)13-15-7-5-4-6-8-15/h4-8,11-12H,9-10,13H2,1-3H3,(H,21,23). The van der Waals surface area contributed by atoms with Gasteiger partial charge in [0.15, 0.2) is 0 Å². The summed E-state index contributed by atoms with van der Waals surface area (Å²) >= 11 is 6.08. The molecular formula is C19H23ClN2O2. The Balaban J connectivity index is 1.88. The van der Waals surface area contributed by atoms with E-state index in [-0.39, 0.29) is 5.91 Å². The van der Waals surface area contributed by atoms with Crippen molar-refractivity contribution in [3.63, 3.8) is 0 Å². The molecule has 128 valence electrons. The predicted molar refractivity (Wildman–Crippen MR) is 98.8 cm³/mol. The van der Waals surface area contributed by atoms with E-state index in [0.717, 1.165) is 12.1 Å². The number of carbonyl (C=O) groups is 1. The lowest BCUT2D eigenvalue weighted by molar-refractivity contribution is -0.116. The first-order valence-corrected chi connectivity index (χ1v) is 8.24. The number of hydrogen-bond donors (Lipinski definition) is 1. The number of aryl methyl sites for hydroxylation is 1. The quantitative estimate of drug-likeness (QED) is 0.820. The fraction of sp³-hybridized carbons (Fsp3) is 0.316. The normalized spacial score (nSPS) is 10.7. The number of nitrogens with zero attached hydrogens (tertiary/aromatic N) is 1. The molecule has 0 fully saturated rings.